The molecule has 12 heterocycles. The summed E-state index contributed by atoms with van der Waals surface area (Å²) in [5, 5.41) is 59.4. The van der Waals surface area contributed by atoms with E-state index in [-0.39, 0.29) is 33.4 Å². The largest absolute Gasteiger partial charge is 0.455 e. The highest BCUT2D eigenvalue weighted by Gasteiger charge is 2.66. The monoisotopic (exact) mass is 1370 g/mol. The van der Waals surface area contributed by atoms with E-state index in [1.54, 1.807) is 28.5 Å². The Morgan fingerprint density at radius 1 is 0.688 bits per heavy atom. The van der Waals surface area contributed by atoms with E-state index in [0.29, 0.717) is 71.8 Å². The van der Waals surface area contributed by atoms with E-state index in [1.165, 1.54) is 58.2 Å². The molecule has 44 heteroatoms. The number of aliphatic hydroxyl groups is 6. The van der Waals surface area contributed by atoms with Gasteiger partial charge in [-0.25, -0.2) is 40.9 Å². The van der Waals surface area contributed by atoms with Crippen LogP contribution in [0.5, 0.6) is 0 Å². The maximum atomic E-state index is 13.7. The molecule has 0 spiro atoms. The Hall–Kier alpha value is -6.13. The van der Waals surface area contributed by atoms with Gasteiger partial charge in [0.15, 0.2) is 55.3 Å². The van der Waals surface area contributed by atoms with Gasteiger partial charge in [0, 0.05) is 67.0 Å². The van der Waals surface area contributed by atoms with Crippen LogP contribution in [-0.2, 0) is 94.4 Å². The molecule has 0 saturated carbocycles. The minimum atomic E-state index is -6.45. The van der Waals surface area contributed by atoms with Crippen LogP contribution in [0.25, 0.3) is 33.1 Å². The highest BCUT2D eigenvalue weighted by molar-refractivity contribution is 7.86. The number of nitrogens with one attached hydrogen (secondary N) is 2. The lowest BCUT2D eigenvalue weighted by Crippen LogP contribution is -2.49. The number of halogens is 2. The van der Waals surface area contributed by atoms with Gasteiger partial charge in [-0.3, -0.25) is 42.3 Å². The Bertz CT molecular complexity index is 3980. The molecular weight excluding hydrogens is 1310 g/mol. The van der Waals surface area contributed by atoms with Crippen LogP contribution in [0.4, 0.5) is 26.2 Å². The van der Waals surface area contributed by atoms with Crippen LogP contribution in [-0.4, -0.2) is 221 Å². The molecule has 5 unspecified atom stereocenters. The third kappa shape index (κ3) is 13.1. The molecule has 0 aliphatic carbocycles. The van der Waals surface area contributed by atoms with E-state index in [2.05, 4.69) is 45.2 Å². The number of hydrogen-bond donors (Lipinski definition) is 11. The van der Waals surface area contributed by atoms with Crippen molar-refractivity contribution in [3.8, 4) is 0 Å². The lowest BCUT2D eigenvalue weighted by Gasteiger charge is -2.34. The third-order valence-corrected chi connectivity index (χ3v) is 20.3. The fourth-order valence-electron chi connectivity index (χ4n) is 11.4. The number of amides is 1. The number of aromatic nitrogens is 9. The zero-order valence-corrected chi connectivity index (χ0v) is 51.9. The minimum absolute atomic E-state index is 0. The van der Waals surface area contributed by atoms with E-state index in [1.807, 2.05) is 6.20 Å². The molecule has 3 saturated heterocycles. The van der Waals surface area contributed by atoms with Crippen LogP contribution in [0, 0.1) is 0 Å². The summed E-state index contributed by atoms with van der Waals surface area (Å²) in [5.41, 5.74) is 4.25. The summed E-state index contributed by atoms with van der Waals surface area (Å²) >= 11 is 0. The van der Waals surface area contributed by atoms with Crippen molar-refractivity contribution in [1.82, 2.24) is 43.6 Å². The molecule has 37 nitrogen and oxygen atoms in total. The van der Waals surface area contributed by atoms with E-state index < -0.39 is 133 Å². The lowest BCUT2D eigenvalue weighted by molar-refractivity contribution is -0.184. The molecule has 1 amide bonds. The molecule has 6 aliphatic rings. The van der Waals surface area contributed by atoms with Crippen LogP contribution in [0.1, 0.15) is 76.9 Å². The number of ether oxygens (including phenoxy) is 5. The second kappa shape index (κ2) is 26.5. The van der Waals surface area contributed by atoms with Crippen molar-refractivity contribution in [2.75, 3.05) is 55.7 Å². The summed E-state index contributed by atoms with van der Waals surface area (Å²) in [4.78, 5) is 104. The Balaban J connectivity index is 0.000000168. The van der Waals surface area contributed by atoms with Crippen LogP contribution < -0.4 is 16.0 Å². The molecule has 93 heavy (non-hydrogen) atoms. The highest BCUT2D eigenvalue weighted by Crippen LogP contribution is 2.77. The summed E-state index contributed by atoms with van der Waals surface area (Å²) in [7, 11) is -19.3. The van der Waals surface area contributed by atoms with Crippen LogP contribution in [0.3, 0.4) is 0 Å². The van der Waals surface area contributed by atoms with Gasteiger partial charge in [0.2, 0.25) is 5.91 Å². The van der Waals surface area contributed by atoms with Gasteiger partial charge in [0.05, 0.1) is 63.4 Å². The Morgan fingerprint density at radius 2 is 1.14 bits per heavy atom. The number of rotatable bonds is 14. The molecule has 0 bridgehead atoms. The zero-order chi connectivity index (χ0) is 67.0. The fourth-order valence-corrected chi connectivity index (χ4v) is 14.6. The van der Waals surface area contributed by atoms with Crippen molar-refractivity contribution in [1.29, 1.82) is 0 Å². The predicted octanol–water partition coefficient (Wildman–Crippen LogP) is -0.873. The highest BCUT2D eigenvalue weighted by atomic mass is 31.3. The number of carbonyl (C=O) groups is 3. The number of hydroxylamine groups is 1. The van der Waals surface area contributed by atoms with Crippen LogP contribution in [0.15, 0.2) is 37.6 Å². The molecule has 11 N–H and O–H groups in total. The van der Waals surface area contributed by atoms with Gasteiger partial charge in [-0.2, -0.15) is 13.8 Å². The number of alkyl halides is 2. The van der Waals surface area contributed by atoms with Crippen molar-refractivity contribution < 1.29 is 129 Å². The first-order chi connectivity index (χ1) is 43.1. The summed E-state index contributed by atoms with van der Waals surface area (Å²) in [5.74, 6) is -0.353. The predicted molar refractivity (Wildman–Crippen MR) is 314 cm³/mol. The molecule has 3 fully saturated rings. The van der Waals surface area contributed by atoms with Crippen molar-refractivity contribution in [2.45, 2.75) is 138 Å². The number of carbonyl (C=O) groups excluding carboxylic acids is 3. The maximum absolute atomic E-state index is 13.7. The van der Waals surface area contributed by atoms with Crippen molar-refractivity contribution >= 4 is 107 Å². The number of anilines is 3. The minimum Gasteiger partial charge on any atom is -0.455 e. The molecule has 507 valence electrons. The topological polar surface area (TPSA) is 496 Å². The molecule has 6 aromatic rings. The first-order valence-electron chi connectivity index (χ1n) is 27.4. The lowest BCUT2D eigenvalue weighted by atomic mass is 9.95. The Morgan fingerprint density at radius 3 is 1.61 bits per heavy atom. The van der Waals surface area contributed by atoms with Gasteiger partial charge in [-0.05, 0) is 37.5 Å². The van der Waals surface area contributed by atoms with E-state index >= 15 is 0 Å². The Kier molecular flexibility index (Phi) is 20.3. The quantitative estimate of drug-likeness (QED) is 0.0359. The second-order valence-corrected chi connectivity index (χ2v) is 27.0. The second-order valence-electron chi connectivity index (χ2n) is 22.0. The number of hydrogen-bond acceptors (Lipinski definition) is 30. The van der Waals surface area contributed by atoms with Gasteiger partial charge in [-0.1, -0.05) is 0 Å². The van der Waals surface area contributed by atoms with Gasteiger partial charge in [0.1, 0.15) is 77.6 Å². The summed E-state index contributed by atoms with van der Waals surface area (Å²) < 4.78 is 105. The molecule has 0 aromatic carbocycles. The summed E-state index contributed by atoms with van der Waals surface area (Å²) in [6.07, 6.45) is 0.368. The first kappa shape index (κ1) is 71.2. The normalized spacial score (nSPS) is 29.6. The molecule has 6 aromatic heterocycles. The van der Waals surface area contributed by atoms with Gasteiger partial charge < -0.3 is 91.8 Å². The van der Waals surface area contributed by atoms with Gasteiger partial charge >= 0.3 is 32.5 Å². The van der Waals surface area contributed by atoms with Crippen molar-refractivity contribution in [3.05, 3.63) is 54.3 Å². The molecule has 6 aliphatic heterocycles. The fraction of sp³-hybridized carbons (Fsp3) is 0.571. The SMILES string of the molecule is CC(=O)O[C@@H]1[C@@H](CO)OC(n2cc3c4c(ncnc42)N(C(C)=O)OCC3)[C@]1(C)OC(C)=O.C[C@]1(O)C(n2cc3c4c(ncnc42)NOCC3)O[C@H](CO)[C@H]1O.[BH3-]P(=O)(OC[C@H]1OC(n2cc3c4c(ncnc42)NOCC3)[C@](C)(O)[C@@H]1O)OP(=O)(O)C(F)(F)P(=O)(O)O.[B]. The average molecular weight is 1370 g/mol. The standard InChI is InChI=1S/C20H24N4O8.C15H23BF2N4O12P3.C14H18N4O5.B/c1-10(26)24-18-15-13(5-6-29-24)7-23(17(15)21-9-22-18)19-20(4,32-12(3)28)16(30-11(2)27)14(8-25)31-19;1-14(24)10(23)8(5-32-37(16,30)34-36(28,29)15(17,18)35(25,26)27)33-13(14)22-4-7-2-3-31-21-11-9(7)12(22)20-6-19-11;1-14(21)10(20)8(5-19)23-13(14)18-4-7-2-3-22-17-11-9(7)12(18)16-6-15-11;/h7,9,14,16,19,25H,5-6,8H2,1-4H3;4,6,8,10,13,23-24H,2-3,5H2,1,16H3,(H,28,29)(H,19,20,21)(H2,25,26,27);4,6,8,10,13,19-21H,2-3,5H2,1H3,(H,15,16,17);/q;-1;;/t14-,16-,19?,20-;8-,10-,13?,14-,37?;8-,10-,13?,14-;/m111./s1. The number of nitrogens with zero attached hydrogens (tertiary/aromatic N) is 10. The smallest absolute Gasteiger partial charge is 0.444 e. The summed E-state index contributed by atoms with van der Waals surface area (Å²) in [6.45, 7) is 7.45. The summed E-state index contributed by atoms with van der Waals surface area (Å²) in [6, 6.07) is 0. The number of aliphatic hydroxyl groups excluding tert-OH is 4. The van der Waals surface area contributed by atoms with E-state index in [0.717, 1.165) is 27.1 Å². The van der Waals surface area contributed by atoms with Crippen LogP contribution >= 0.6 is 22.7 Å². The van der Waals surface area contributed by atoms with Gasteiger partial charge in [0.25, 0.3) is 0 Å². The maximum Gasteiger partial charge on any atom is 0.444 e. The first-order valence-corrected chi connectivity index (χ1v) is 31.7. The third-order valence-electron chi connectivity index (χ3n) is 15.6. The van der Waals surface area contributed by atoms with E-state index in [9.17, 15) is 72.4 Å². The zero-order valence-electron chi connectivity index (χ0n) is 49.2. The number of esters is 2. The van der Waals surface area contributed by atoms with E-state index in [4.69, 9.17) is 52.5 Å². The van der Waals surface area contributed by atoms with Gasteiger partial charge in [-0.15, -0.1) is 0 Å². The molecule has 12 rings (SSSR count). The molecule has 14 atom stereocenters. The average Bonchev–Trinajstić information content (AvgIpc) is 1.53. The molecule has 3 radical (unpaired) electrons. The van der Waals surface area contributed by atoms with Crippen molar-refractivity contribution in [3.63, 3.8) is 0 Å². The Labute approximate surface area is 526 Å². The molecular formula is C49H65B2F2N12O25P3-. The van der Waals surface area contributed by atoms with Crippen LogP contribution in [0.2, 0.25) is 0 Å². The van der Waals surface area contributed by atoms with Crippen molar-refractivity contribution in [2.24, 2.45) is 0 Å².